The van der Waals surface area contributed by atoms with Crippen LogP contribution in [0.3, 0.4) is 0 Å². The summed E-state index contributed by atoms with van der Waals surface area (Å²) in [6.45, 7) is 0.592. The first-order valence-corrected chi connectivity index (χ1v) is 6.35. The summed E-state index contributed by atoms with van der Waals surface area (Å²) in [6.07, 6.45) is 0. The monoisotopic (exact) mass is 287 g/mol. The van der Waals surface area contributed by atoms with E-state index in [1.165, 1.54) is 12.1 Å². The normalized spacial score (nSPS) is 10.0. The van der Waals surface area contributed by atoms with Crippen LogP contribution in [0.2, 0.25) is 0 Å². The lowest BCUT2D eigenvalue weighted by molar-refractivity contribution is -0.384. The molecule has 0 saturated carbocycles. The van der Waals surface area contributed by atoms with Crippen LogP contribution >= 0.6 is 12.2 Å². The van der Waals surface area contributed by atoms with Crippen molar-refractivity contribution < 1.29 is 4.92 Å². The lowest BCUT2D eigenvalue weighted by Gasteiger charge is -2.11. The van der Waals surface area contributed by atoms with E-state index in [2.05, 4.69) is 5.32 Å². The van der Waals surface area contributed by atoms with Gasteiger partial charge in [0.2, 0.25) is 0 Å². The van der Waals surface area contributed by atoms with Gasteiger partial charge in [0.15, 0.2) is 0 Å². The maximum absolute atomic E-state index is 10.8. The van der Waals surface area contributed by atoms with Crippen LogP contribution in [0.1, 0.15) is 11.1 Å². The average molecular weight is 287 g/mol. The number of thiocarbonyl (C=S) groups is 1. The van der Waals surface area contributed by atoms with Crippen LogP contribution in [0.4, 0.5) is 11.4 Å². The third-order valence-corrected chi connectivity index (χ3v) is 3.03. The Hall–Kier alpha value is -2.47. The number of anilines is 1. The van der Waals surface area contributed by atoms with Crippen LogP contribution in [-0.2, 0) is 6.54 Å². The Morgan fingerprint density at radius 3 is 2.55 bits per heavy atom. The van der Waals surface area contributed by atoms with E-state index in [1.54, 1.807) is 6.07 Å². The van der Waals surface area contributed by atoms with Gasteiger partial charge < -0.3 is 11.1 Å². The second kappa shape index (κ2) is 6.12. The fraction of sp³-hybridized carbons (Fsp3) is 0.0714. The van der Waals surface area contributed by atoms with Gasteiger partial charge >= 0.3 is 0 Å². The van der Waals surface area contributed by atoms with Crippen molar-refractivity contribution in [1.82, 2.24) is 0 Å². The molecule has 102 valence electrons. The molecule has 5 nitrogen and oxygen atoms in total. The molecular weight excluding hydrogens is 274 g/mol. The molecule has 0 saturated heterocycles. The molecule has 0 spiro atoms. The van der Waals surface area contributed by atoms with Crippen LogP contribution in [0.5, 0.6) is 0 Å². The Morgan fingerprint density at radius 2 is 1.95 bits per heavy atom. The number of hydrogen-bond acceptors (Lipinski definition) is 4. The van der Waals surface area contributed by atoms with Crippen LogP contribution in [0, 0.1) is 10.1 Å². The van der Waals surface area contributed by atoms with Crippen molar-refractivity contribution in [2.75, 3.05) is 5.32 Å². The summed E-state index contributed by atoms with van der Waals surface area (Å²) in [7, 11) is 0. The maximum Gasteiger partial charge on any atom is 0.270 e. The Balaban J connectivity index is 2.23. The topological polar surface area (TPSA) is 81.2 Å². The van der Waals surface area contributed by atoms with Gasteiger partial charge in [0.05, 0.1) is 4.92 Å². The fourth-order valence-electron chi connectivity index (χ4n) is 1.80. The zero-order valence-corrected chi connectivity index (χ0v) is 11.4. The van der Waals surface area contributed by atoms with Gasteiger partial charge in [-0.15, -0.1) is 0 Å². The summed E-state index contributed by atoms with van der Waals surface area (Å²) in [5.41, 5.74) is 7.85. The highest BCUT2D eigenvalue weighted by molar-refractivity contribution is 7.80. The fourth-order valence-corrected chi connectivity index (χ4v) is 1.97. The highest BCUT2D eigenvalue weighted by atomic mass is 32.1. The number of non-ortho nitro benzene ring substituents is 1. The molecule has 0 aliphatic heterocycles. The standard InChI is InChI=1S/C14H13N3O2S/c15-14(20)12-8-11(17(18)19)6-7-13(12)16-9-10-4-2-1-3-5-10/h1-8,16H,9H2,(H2,15,20). The number of benzene rings is 2. The first-order valence-electron chi connectivity index (χ1n) is 5.94. The molecule has 0 amide bonds. The lowest BCUT2D eigenvalue weighted by Crippen LogP contribution is -2.13. The maximum atomic E-state index is 10.8. The Morgan fingerprint density at radius 1 is 1.25 bits per heavy atom. The van der Waals surface area contributed by atoms with E-state index in [0.717, 1.165) is 5.56 Å². The number of nitrogens with one attached hydrogen (secondary N) is 1. The first-order chi connectivity index (χ1) is 9.58. The Labute approximate surface area is 121 Å². The lowest BCUT2D eigenvalue weighted by atomic mass is 10.1. The Kier molecular flexibility index (Phi) is 4.27. The number of nitro groups is 1. The number of nitrogens with zero attached hydrogens (tertiary/aromatic N) is 1. The predicted molar refractivity (Wildman–Crippen MR) is 82.8 cm³/mol. The summed E-state index contributed by atoms with van der Waals surface area (Å²) >= 11 is 4.94. The minimum absolute atomic E-state index is 0.0296. The van der Waals surface area contributed by atoms with Crippen molar-refractivity contribution in [3.05, 3.63) is 69.8 Å². The molecule has 2 rings (SSSR count). The molecule has 0 aliphatic carbocycles. The molecule has 0 aromatic heterocycles. The average Bonchev–Trinajstić information content (AvgIpc) is 2.45. The number of rotatable bonds is 5. The van der Waals surface area contributed by atoms with Gasteiger partial charge in [0.1, 0.15) is 4.99 Å². The molecule has 2 aromatic carbocycles. The molecule has 3 N–H and O–H groups in total. The van der Waals surface area contributed by atoms with Gasteiger partial charge in [-0.25, -0.2) is 0 Å². The van der Waals surface area contributed by atoms with Crippen molar-refractivity contribution in [2.45, 2.75) is 6.54 Å². The van der Waals surface area contributed by atoms with E-state index in [-0.39, 0.29) is 10.7 Å². The van der Waals surface area contributed by atoms with Crippen molar-refractivity contribution in [2.24, 2.45) is 5.73 Å². The van der Waals surface area contributed by atoms with E-state index in [9.17, 15) is 10.1 Å². The van der Waals surface area contributed by atoms with Gasteiger partial charge in [0, 0.05) is 29.9 Å². The molecule has 0 bridgehead atoms. The second-order valence-corrected chi connectivity index (χ2v) is 4.63. The molecule has 0 aliphatic rings. The summed E-state index contributed by atoms with van der Waals surface area (Å²) in [4.78, 5) is 10.4. The third-order valence-electron chi connectivity index (χ3n) is 2.81. The summed E-state index contributed by atoms with van der Waals surface area (Å²) < 4.78 is 0. The third kappa shape index (κ3) is 3.30. The summed E-state index contributed by atoms with van der Waals surface area (Å²) in [6, 6.07) is 14.2. The smallest absolute Gasteiger partial charge is 0.270 e. The van der Waals surface area contributed by atoms with E-state index in [1.807, 2.05) is 30.3 Å². The molecule has 0 fully saturated rings. The van der Waals surface area contributed by atoms with Crippen molar-refractivity contribution in [1.29, 1.82) is 0 Å². The highest BCUT2D eigenvalue weighted by Gasteiger charge is 2.12. The second-order valence-electron chi connectivity index (χ2n) is 4.19. The Bertz CT molecular complexity index is 644. The molecule has 0 radical (unpaired) electrons. The van der Waals surface area contributed by atoms with E-state index < -0.39 is 4.92 Å². The molecule has 6 heteroatoms. The van der Waals surface area contributed by atoms with E-state index in [4.69, 9.17) is 18.0 Å². The highest BCUT2D eigenvalue weighted by Crippen LogP contribution is 2.22. The zero-order chi connectivity index (χ0) is 14.5. The van der Waals surface area contributed by atoms with Crippen molar-refractivity contribution >= 4 is 28.6 Å². The molecule has 0 heterocycles. The number of hydrogen-bond donors (Lipinski definition) is 2. The molecular formula is C14H13N3O2S. The SMILES string of the molecule is NC(=S)c1cc([N+](=O)[O-])ccc1NCc1ccccc1. The van der Waals surface area contributed by atoms with Gasteiger partial charge in [-0.3, -0.25) is 10.1 Å². The largest absolute Gasteiger partial charge is 0.389 e. The van der Waals surface area contributed by atoms with Crippen LogP contribution in [0.25, 0.3) is 0 Å². The summed E-state index contributed by atoms with van der Waals surface area (Å²) in [5, 5.41) is 14.0. The van der Waals surface area contributed by atoms with E-state index >= 15 is 0 Å². The zero-order valence-electron chi connectivity index (χ0n) is 10.6. The minimum Gasteiger partial charge on any atom is -0.389 e. The van der Waals surface area contributed by atoms with Crippen molar-refractivity contribution in [3.63, 3.8) is 0 Å². The van der Waals surface area contributed by atoms with Crippen LogP contribution in [0.15, 0.2) is 48.5 Å². The quantitative estimate of drug-likeness (QED) is 0.502. The minimum atomic E-state index is -0.469. The predicted octanol–water partition coefficient (Wildman–Crippen LogP) is 2.84. The van der Waals surface area contributed by atoms with Crippen LogP contribution < -0.4 is 11.1 Å². The molecule has 2 aromatic rings. The van der Waals surface area contributed by atoms with Crippen LogP contribution in [-0.4, -0.2) is 9.91 Å². The molecule has 20 heavy (non-hydrogen) atoms. The number of nitrogens with two attached hydrogens (primary N) is 1. The number of nitro benzene ring substituents is 1. The van der Waals surface area contributed by atoms with Gasteiger partial charge in [-0.05, 0) is 11.6 Å². The molecule has 0 atom stereocenters. The van der Waals surface area contributed by atoms with Gasteiger partial charge in [-0.2, -0.15) is 0 Å². The van der Waals surface area contributed by atoms with Gasteiger partial charge in [-0.1, -0.05) is 42.5 Å². The first kappa shape index (κ1) is 14.0. The van der Waals surface area contributed by atoms with Gasteiger partial charge in [0.25, 0.3) is 5.69 Å². The van der Waals surface area contributed by atoms with E-state index in [0.29, 0.717) is 17.8 Å². The summed E-state index contributed by atoms with van der Waals surface area (Å²) in [5.74, 6) is 0. The molecule has 0 unspecified atom stereocenters. The van der Waals surface area contributed by atoms with Crippen molar-refractivity contribution in [3.8, 4) is 0 Å².